The van der Waals surface area contributed by atoms with E-state index in [1.165, 1.54) is 19.1 Å². The van der Waals surface area contributed by atoms with Gasteiger partial charge in [0.05, 0.1) is 25.1 Å². The third kappa shape index (κ3) is 4.14. The first-order valence-electron chi connectivity index (χ1n) is 10.1. The van der Waals surface area contributed by atoms with Gasteiger partial charge < -0.3 is 19.1 Å². The molecule has 1 aliphatic heterocycles. The topological polar surface area (TPSA) is 78.9 Å². The molecular formula is C21H27N3O4. The smallest absolute Gasteiger partial charge is 0.289 e. The number of nitrogens with one attached hydrogen (secondary N) is 1. The van der Waals surface area contributed by atoms with Gasteiger partial charge in [0.2, 0.25) is 5.91 Å². The van der Waals surface area contributed by atoms with Crippen molar-refractivity contribution in [3.8, 4) is 0 Å². The van der Waals surface area contributed by atoms with Crippen molar-refractivity contribution in [2.75, 3.05) is 26.2 Å². The third-order valence-electron chi connectivity index (χ3n) is 5.86. The van der Waals surface area contributed by atoms with Gasteiger partial charge in [-0.25, -0.2) is 0 Å². The molecule has 7 nitrogen and oxygen atoms in total. The predicted octanol–water partition coefficient (Wildman–Crippen LogP) is 2.51. The van der Waals surface area contributed by atoms with Gasteiger partial charge in [0.1, 0.15) is 5.76 Å². The quantitative estimate of drug-likeness (QED) is 0.827. The molecule has 2 fully saturated rings. The lowest BCUT2D eigenvalue weighted by molar-refractivity contribution is -0.129. The van der Waals surface area contributed by atoms with Crippen molar-refractivity contribution in [1.82, 2.24) is 15.1 Å². The van der Waals surface area contributed by atoms with Crippen LogP contribution >= 0.6 is 0 Å². The number of nitrogens with zero attached hydrogens (tertiary/aromatic N) is 2. The molecule has 1 atom stereocenters. The molecule has 0 spiro atoms. The number of furan rings is 2. The van der Waals surface area contributed by atoms with Crippen molar-refractivity contribution in [2.45, 2.75) is 38.3 Å². The maximum atomic E-state index is 13.0. The highest BCUT2D eigenvalue weighted by molar-refractivity contribution is 5.91. The SMILES string of the molecule is O=C(NCc1ccco1)C(C1CCCC1)N1CCN(C(=O)c2ccco2)CC1. The molecule has 0 bridgehead atoms. The lowest BCUT2D eigenvalue weighted by Crippen LogP contribution is -2.57. The Balaban J connectivity index is 1.38. The average Bonchev–Trinajstić information content (AvgIpc) is 3.50. The van der Waals surface area contributed by atoms with Crippen molar-refractivity contribution in [1.29, 1.82) is 0 Å². The Morgan fingerprint density at radius 1 is 1.04 bits per heavy atom. The molecule has 7 heteroatoms. The zero-order valence-corrected chi connectivity index (χ0v) is 16.0. The summed E-state index contributed by atoms with van der Waals surface area (Å²) in [6.45, 7) is 3.01. The normalized spacial score (nSPS) is 19.6. The van der Waals surface area contributed by atoms with Crippen LogP contribution in [0.2, 0.25) is 0 Å². The minimum atomic E-state index is -0.140. The summed E-state index contributed by atoms with van der Waals surface area (Å²) in [6.07, 6.45) is 7.68. The summed E-state index contributed by atoms with van der Waals surface area (Å²) in [7, 11) is 0. The van der Waals surface area contributed by atoms with Crippen LogP contribution < -0.4 is 5.32 Å². The fourth-order valence-electron chi connectivity index (χ4n) is 4.40. The van der Waals surface area contributed by atoms with Crippen LogP contribution in [0.25, 0.3) is 0 Å². The van der Waals surface area contributed by atoms with E-state index in [1.54, 1.807) is 18.4 Å². The summed E-state index contributed by atoms with van der Waals surface area (Å²) in [4.78, 5) is 29.6. The number of hydrogen-bond acceptors (Lipinski definition) is 5. The van der Waals surface area contributed by atoms with Gasteiger partial charge in [-0.05, 0) is 43.0 Å². The molecule has 3 heterocycles. The van der Waals surface area contributed by atoms with Crippen LogP contribution in [0.15, 0.2) is 45.6 Å². The van der Waals surface area contributed by atoms with E-state index in [0.717, 1.165) is 18.6 Å². The minimum Gasteiger partial charge on any atom is -0.467 e. The molecule has 2 aliphatic rings. The maximum absolute atomic E-state index is 13.0. The molecule has 1 aliphatic carbocycles. The first-order valence-corrected chi connectivity index (χ1v) is 10.1. The molecule has 2 aromatic rings. The molecule has 1 saturated carbocycles. The van der Waals surface area contributed by atoms with Crippen LogP contribution in [-0.4, -0.2) is 53.8 Å². The second kappa shape index (κ2) is 8.65. The van der Waals surface area contributed by atoms with Crippen molar-refractivity contribution in [2.24, 2.45) is 5.92 Å². The Labute approximate surface area is 164 Å². The molecular weight excluding hydrogens is 358 g/mol. The molecule has 150 valence electrons. The summed E-state index contributed by atoms with van der Waals surface area (Å²) in [5, 5.41) is 3.05. The molecule has 0 aromatic carbocycles. The molecule has 2 aromatic heterocycles. The monoisotopic (exact) mass is 385 g/mol. The second-order valence-electron chi connectivity index (χ2n) is 7.59. The van der Waals surface area contributed by atoms with Crippen LogP contribution in [-0.2, 0) is 11.3 Å². The number of carbonyl (C=O) groups excluding carboxylic acids is 2. The largest absolute Gasteiger partial charge is 0.467 e. The zero-order valence-electron chi connectivity index (χ0n) is 16.0. The molecule has 2 amide bonds. The van der Waals surface area contributed by atoms with Crippen LogP contribution in [0.5, 0.6) is 0 Å². The van der Waals surface area contributed by atoms with Crippen LogP contribution in [0.4, 0.5) is 0 Å². The van der Waals surface area contributed by atoms with Crippen molar-refractivity contribution in [3.63, 3.8) is 0 Å². The van der Waals surface area contributed by atoms with Crippen molar-refractivity contribution >= 4 is 11.8 Å². The van der Waals surface area contributed by atoms with E-state index in [0.29, 0.717) is 44.4 Å². The Bertz CT molecular complexity index is 758. The van der Waals surface area contributed by atoms with E-state index < -0.39 is 0 Å². The predicted molar refractivity (Wildman–Crippen MR) is 102 cm³/mol. The second-order valence-corrected chi connectivity index (χ2v) is 7.59. The van der Waals surface area contributed by atoms with Gasteiger partial charge in [-0.3, -0.25) is 14.5 Å². The number of piperazine rings is 1. The van der Waals surface area contributed by atoms with E-state index >= 15 is 0 Å². The Kier molecular flexibility index (Phi) is 5.81. The van der Waals surface area contributed by atoms with E-state index in [4.69, 9.17) is 8.83 Å². The Hall–Kier alpha value is -2.54. The van der Waals surface area contributed by atoms with Gasteiger partial charge in [0.25, 0.3) is 5.91 Å². The third-order valence-corrected chi connectivity index (χ3v) is 5.86. The fraction of sp³-hybridized carbons (Fsp3) is 0.524. The standard InChI is InChI=1S/C21H27N3O4/c25-20(22-15-17-7-3-13-27-17)19(16-5-1-2-6-16)23-9-11-24(12-10-23)21(26)18-8-4-14-28-18/h3-4,7-8,13-14,16,19H,1-2,5-6,9-12,15H2,(H,22,25). The van der Waals surface area contributed by atoms with Crippen LogP contribution in [0, 0.1) is 5.92 Å². The number of amides is 2. The first kappa shape index (κ1) is 18.8. The summed E-state index contributed by atoms with van der Waals surface area (Å²) in [5.41, 5.74) is 0. The van der Waals surface area contributed by atoms with E-state index in [2.05, 4.69) is 10.2 Å². The van der Waals surface area contributed by atoms with Gasteiger partial charge in [0.15, 0.2) is 5.76 Å². The Morgan fingerprint density at radius 3 is 2.39 bits per heavy atom. The van der Waals surface area contributed by atoms with Gasteiger partial charge in [0, 0.05) is 26.2 Å². The van der Waals surface area contributed by atoms with Crippen molar-refractivity contribution in [3.05, 3.63) is 48.3 Å². The number of rotatable bonds is 6. The zero-order chi connectivity index (χ0) is 19.3. The van der Waals surface area contributed by atoms with Gasteiger partial charge in [-0.2, -0.15) is 0 Å². The van der Waals surface area contributed by atoms with Crippen molar-refractivity contribution < 1.29 is 18.4 Å². The van der Waals surface area contributed by atoms with E-state index in [-0.39, 0.29) is 17.9 Å². The highest BCUT2D eigenvalue weighted by atomic mass is 16.3. The maximum Gasteiger partial charge on any atom is 0.289 e. The molecule has 4 rings (SSSR count). The van der Waals surface area contributed by atoms with E-state index in [9.17, 15) is 9.59 Å². The molecule has 1 unspecified atom stereocenters. The van der Waals surface area contributed by atoms with Crippen LogP contribution in [0.3, 0.4) is 0 Å². The summed E-state index contributed by atoms with van der Waals surface area (Å²) in [5.74, 6) is 1.49. The minimum absolute atomic E-state index is 0.0640. The van der Waals surface area contributed by atoms with Gasteiger partial charge in [-0.1, -0.05) is 12.8 Å². The average molecular weight is 385 g/mol. The van der Waals surface area contributed by atoms with Gasteiger partial charge in [-0.15, -0.1) is 0 Å². The molecule has 1 N–H and O–H groups in total. The van der Waals surface area contributed by atoms with Crippen LogP contribution in [0.1, 0.15) is 42.0 Å². The molecule has 0 radical (unpaired) electrons. The molecule has 28 heavy (non-hydrogen) atoms. The van der Waals surface area contributed by atoms with Gasteiger partial charge >= 0.3 is 0 Å². The fourth-order valence-corrected chi connectivity index (χ4v) is 4.40. The Morgan fingerprint density at radius 2 is 1.75 bits per heavy atom. The lowest BCUT2D eigenvalue weighted by atomic mass is 9.95. The summed E-state index contributed by atoms with van der Waals surface area (Å²) in [6, 6.07) is 6.97. The van der Waals surface area contributed by atoms with E-state index in [1.807, 2.05) is 17.0 Å². The highest BCUT2D eigenvalue weighted by Crippen LogP contribution is 2.31. The number of carbonyl (C=O) groups is 2. The lowest BCUT2D eigenvalue weighted by Gasteiger charge is -2.40. The highest BCUT2D eigenvalue weighted by Gasteiger charge is 2.37. The first-order chi connectivity index (χ1) is 13.7. The summed E-state index contributed by atoms with van der Waals surface area (Å²) >= 11 is 0. The number of hydrogen-bond donors (Lipinski definition) is 1. The summed E-state index contributed by atoms with van der Waals surface area (Å²) < 4.78 is 10.6. The molecule has 1 saturated heterocycles.